The molecule has 2 aromatic carbocycles. The summed E-state index contributed by atoms with van der Waals surface area (Å²) >= 11 is 0. The van der Waals surface area contributed by atoms with Crippen molar-refractivity contribution in [2.45, 2.75) is 44.3 Å². The number of benzene rings is 2. The molecule has 1 aliphatic heterocycles. The Morgan fingerprint density at radius 2 is 1.74 bits per heavy atom. The fourth-order valence-electron chi connectivity index (χ4n) is 5.85. The van der Waals surface area contributed by atoms with Crippen molar-refractivity contribution in [2.75, 3.05) is 26.3 Å². The van der Waals surface area contributed by atoms with Crippen molar-refractivity contribution in [3.63, 3.8) is 0 Å². The Morgan fingerprint density at radius 3 is 2.54 bits per heavy atom. The largest absolute Gasteiger partial charge is 0.379 e. The summed E-state index contributed by atoms with van der Waals surface area (Å²) in [7, 11) is 0. The second-order valence-electron chi connectivity index (χ2n) is 10.5. The van der Waals surface area contributed by atoms with Crippen LogP contribution in [0.5, 0.6) is 0 Å². The van der Waals surface area contributed by atoms with E-state index >= 15 is 0 Å². The third-order valence-corrected chi connectivity index (χ3v) is 7.93. The molecule has 2 fully saturated rings. The number of ether oxygens (including phenoxy) is 1. The highest BCUT2D eigenvalue weighted by Gasteiger charge is 2.26. The molecule has 39 heavy (non-hydrogen) atoms. The number of halogens is 1. The molecular formula is C30H32FN5O3. The highest BCUT2D eigenvalue weighted by Crippen LogP contribution is 2.29. The van der Waals surface area contributed by atoms with Crippen LogP contribution in [0.3, 0.4) is 0 Å². The lowest BCUT2D eigenvalue weighted by Crippen LogP contribution is -2.44. The third kappa shape index (κ3) is 5.05. The minimum Gasteiger partial charge on any atom is -0.379 e. The molecule has 1 saturated carbocycles. The van der Waals surface area contributed by atoms with Gasteiger partial charge in [0.25, 0.3) is 5.56 Å². The Kier molecular flexibility index (Phi) is 7.12. The first-order valence-corrected chi connectivity index (χ1v) is 13.6. The van der Waals surface area contributed by atoms with Crippen LogP contribution in [0.2, 0.25) is 0 Å². The number of aromatic nitrogens is 3. The van der Waals surface area contributed by atoms with Gasteiger partial charge in [-0.25, -0.2) is 18.7 Å². The summed E-state index contributed by atoms with van der Waals surface area (Å²) in [5, 5.41) is 0.0857. The summed E-state index contributed by atoms with van der Waals surface area (Å²) in [6.07, 6.45) is 3.75. The number of fused-ring (bicyclic) bond motifs is 1. The molecule has 2 N–H and O–H groups in total. The van der Waals surface area contributed by atoms with Gasteiger partial charge in [0.2, 0.25) is 0 Å². The number of hydrogen-bond donors (Lipinski definition) is 1. The minimum atomic E-state index is -0.618. The van der Waals surface area contributed by atoms with E-state index in [-0.39, 0.29) is 23.1 Å². The highest BCUT2D eigenvalue weighted by atomic mass is 19.1. The first-order valence-electron chi connectivity index (χ1n) is 13.6. The van der Waals surface area contributed by atoms with E-state index in [1.54, 1.807) is 0 Å². The average molecular weight is 530 g/mol. The fraction of sp³-hybridized carbons (Fsp3) is 0.367. The predicted molar refractivity (Wildman–Crippen MR) is 149 cm³/mol. The minimum absolute atomic E-state index is 0.0629. The molecule has 3 heterocycles. The Bertz CT molecular complexity index is 1620. The normalized spacial score (nSPS) is 20.4. The molecule has 6 rings (SSSR count). The highest BCUT2D eigenvalue weighted by molar-refractivity contribution is 5.77. The zero-order valence-corrected chi connectivity index (χ0v) is 21.8. The van der Waals surface area contributed by atoms with Crippen LogP contribution >= 0.6 is 0 Å². The monoisotopic (exact) mass is 529 g/mol. The molecule has 0 spiro atoms. The standard InChI is InChI=1S/C30H32FN5O3/c31-22-17-27-28(33-18-22)35(30(38)36(29(27)37)24-10-8-23(32)9-11-24)25-6-3-5-20(16-25)26-7-2-1-4-21(26)19-34-12-14-39-15-13-34/h1-7,16-18,23-24H,8-15,19,32H2. The molecule has 9 heteroatoms. The molecular weight excluding hydrogens is 497 g/mol. The molecule has 2 aliphatic rings. The van der Waals surface area contributed by atoms with E-state index in [1.807, 2.05) is 36.4 Å². The summed E-state index contributed by atoms with van der Waals surface area (Å²) in [6, 6.07) is 16.9. The van der Waals surface area contributed by atoms with Gasteiger partial charge < -0.3 is 10.5 Å². The van der Waals surface area contributed by atoms with Gasteiger partial charge in [-0.15, -0.1) is 0 Å². The number of morpholine rings is 1. The molecule has 8 nitrogen and oxygen atoms in total. The first-order chi connectivity index (χ1) is 19.0. The summed E-state index contributed by atoms with van der Waals surface area (Å²) < 4.78 is 22.5. The van der Waals surface area contributed by atoms with Gasteiger partial charge in [-0.05, 0) is 60.6 Å². The molecule has 0 atom stereocenters. The first kappa shape index (κ1) is 25.6. The van der Waals surface area contributed by atoms with Crippen LogP contribution in [0.4, 0.5) is 4.39 Å². The summed E-state index contributed by atoms with van der Waals surface area (Å²) in [4.78, 5) is 34.1. The van der Waals surface area contributed by atoms with Crippen LogP contribution in [0.1, 0.15) is 37.3 Å². The third-order valence-electron chi connectivity index (χ3n) is 7.93. The Balaban J connectivity index is 1.48. The number of rotatable bonds is 5. The van der Waals surface area contributed by atoms with Crippen molar-refractivity contribution in [3.8, 4) is 16.8 Å². The van der Waals surface area contributed by atoms with Gasteiger partial charge in [-0.2, -0.15) is 0 Å². The zero-order chi connectivity index (χ0) is 26.9. The van der Waals surface area contributed by atoms with Crippen LogP contribution in [-0.2, 0) is 11.3 Å². The predicted octanol–water partition coefficient (Wildman–Crippen LogP) is 3.63. The zero-order valence-electron chi connectivity index (χ0n) is 21.8. The van der Waals surface area contributed by atoms with E-state index < -0.39 is 17.1 Å². The molecule has 202 valence electrons. The van der Waals surface area contributed by atoms with Crippen molar-refractivity contribution in [3.05, 3.63) is 93.0 Å². The van der Waals surface area contributed by atoms with Crippen LogP contribution in [-0.4, -0.2) is 51.4 Å². The maximum Gasteiger partial charge on any atom is 0.337 e. The van der Waals surface area contributed by atoms with E-state index in [2.05, 4.69) is 22.0 Å². The van der Waals surface area contributed by atoms with Gasteiger partial charge >= 0.3 is 5.69 Å². The van der Waals surface area contributed by atoms with Gasteiger partial charge in [0, 0.05) is 31.7 Å². The van der Waals surface area contributed by atoms with Crippen molar-refractivity contribution >= 4 is 11.0 Å². The second kappa shape index (κ2) is 10.8. The topological polar surface area (TPSA) is 95.4 Å². The molecule has 2 aromatic heterocycles. The quantitative estimate of drug-likeness (QED) is 0.424. The van der Waals surface area contributed by atoms with E-state index in [9.17, 15) is 14.0 Å². The van der Waals surface area contributed by atoms with Crippen molar-refractivity contribution < 1.29 is 9.13 Å². The molecule has 0 amide bonds. The Hall–Kier alpha value is -3.66. The van der Waals surface area contributed by atoms with E-state index in [4.69, 9.17) is 10.5 Å². The lowest BCUT2D eigenvalue weighted by molar-refractivity contribution is 0.0342. The van der Waals surface area contributed by atoms with Crippen molar-refractivity contribution in [2.24, 2.45) is 5.73 Å². The smallest absolute Gasteiger partial charge is 0.337 e. The van der Waals surface area contributed by atoms with Crippen molar-refractivity contribution in [1.82, 2.24) is 19.0 Å². The van der Waals surface area contributed by atoms with Gasteiger partial charge in [0.15, 0.2) is 5.65 Å². The van der Waals surface area contributed by atoms with Crippen LogP contribution in [0.25, 0.3) is 27.8 Å². The van der Waals surface area contributed by atoms with Gasteiger partial charge in [-0.1, -0.05) is 36.4 Å². The van der Waals surface area contributed by atoms with Gasteiger partial charge in [0.1, 0.15) is 5.82 Å². The Morgan fingerprint density at radius 1 is 0.974 bits per heavy atom. The molecule has 1 aliphatic carbocycles. The van der Waals surface area contributed by atoms with Crippen LogP contribution in [0.15, 0.2) is 70.4 Å². The average Bonchev–Trinajstić information content (AvgIpc) is 2.95. The molecule has 0 unspecified atom stereocenters. The van der Waals surface area contributed by atoms with E-state index in [0.717, 1.165) is 63.0 Å². The Labute approximate surface area is 225 Å². The lowest BCUT2D eigenvalue weighted by Gasteiger charge is -2.28. The van der Waals surface area contributed by atoms with Crippen molar-refractivity contribution in [1.29, 1.82) is 0 Å². The maximum atomic E-state index is 14.3. The molecule has 0 radical (unpaired) electrons. The van der Waals surface area contributed by atoms with Crippen LogP contribution < -0.4 is 17.0 Å². The summed E-state index contributed by atoms with van der Waals surface area (Å²) in [6.45, 7) is 4.01. The summed E-state index contributed by atoms with van der Waals surface area (Å²) in [5.41, 5.74) is 9.02. The number of nitrogens with zero attached hydrogens (tertiary/aromatic N) is 4. The van der Waals surface area contributed by atoms with Gasteiger partial charge in [-0.3, -0.25) is 14.3 Å². The molecule has 0 bridgehead atoms. The number of hydrogen-bond acceptors (Lipinski definition) is 6. The summed E-state index contributed by atoms with van der Waals surface area (Å²) in [5.74, 6) is -0.618. The second-order valence-corrected chi connectivity index (χ2v) is 10.5. The number of pyridine rings is 1. The number of nitrogens with two attached hydrogens (primary N) is 1. The SMILES string of the molecule is NC1CCC(n2c(=O)c3cc(F)cnc3n(-c3cccc(-c4ccccc4CN4CCOCC4)c3)c2=O)CC1. The fourth-order valence-corrected chi connectivity index (χ4v) is 5.85. The van der Waals surface area contributed by atoms with Crippen LogP contribution in [0, 0.1) is 5.82 Å². The molecule has 4 aromatic rings. The van der Waals surface area contributed by atoms with E-state index in [0.29, 0.717) is 18.5 Å². The van der Waals surface area contributed by atoms with Gasteiger partial charge in [0.05, 0.1) is 30.5 Å². The molecule has 1 saturated heterocycles. The van der Waals surface area contributed by atoms with E-state index in [1.165, 1.54) is 20.8 Å². The maximum absolute atomic E-state index is 14.3. The lowest BCUT2D eigenvalue weighted by atomic mass is 9.91.